The molecule has 0 aromatic heterocycles. The number of nitrogens with one attached hydrogen (secondary N) is 1. The van der Waals surface area contributed by atoms with Gasteiger partial charge in [0, 0.05) is 43.9 Å². The van der Waals surface area contributed by atoms with Gasteiger partial charge in [0.1, 0.15) is 5.78 Å². The first-order chi connectivity index (χ1) is 16.7. The van der Waals surface area contributed by atoms with Gasteiger partial charge in [-0.05, 0) is 79.9 Å². The highest BCUT2D eigenvalue weighted by atomic mass is 35.5. The maximum absolute atomic E-state index is 11.6. The summed E-state index contributed by atoms with van der Waals surface area (Å²) in [7, 11) is 0. The number of hydrogen-bond acceptors (Lipinski definition) is 3. The largest absolute Gasteiger partial charge is 0.309 e. The topological polar surface area (TPSA) is 32.3 Å². The van der Waals surface area contributed by atoms with E-state index in [1.54, 1.807) is 5.57 Å². The first-order valence-electron chi connectivity index (χ1n) is 14.1. The van der Waals surface area contributed by atoms with Crippen molar-refractivity contribution in [1.82, 2.24) is 10.2 Å². The van der Waals surface area contributed by atoms with Crippen LogP contribution in [0.1, 0.15) is 85.5 Å². The molecule has 4 aliphatic rings. The Hall–Kier alpha value is -1.16. The number of allylic oxidation sites excluding steroid dienone is 7. The molecule has 0 aromatic rings. The van der Waals surface area contributed by atoms with Gasteiger partial charge in [0.25, 0.3) is 0 Å². The van der Waals surface area contributed by atoms with E-state index in [-0.39, 0.29) is 0 Å². The fourth-order valence-electron chi connectivity index (χ4n) is 6.61. The van der Waals surface area contributed by atoms with E-state index in [1.165, 1.54) is 42.7 Å². The predicted octanol–water partition coefficient (Wildman–Crippen LogP) is 6.99. The van der Waals surface area contributed by atoms with Crippen LogP contribution < -0.4 is 5.32 Å². The third kappa shape index (κ3) is 7.21. The third-order valence-electron chi connectivity index (χ3n) is 8.80. The van der Waals surface area contributed by atoms with Crippen LogP contribution in [0.2, 0.25) is 0 Å². The predicted molar refractivity (Wildman–Crippen MR) is 149 cm³/mol. The van der Waals surface area contributed by atoms with E-state index in [9.17, 15) is 4.79 Å². The van der Waals surface area contributed by atoms with Gasteiger partial charge >= 0.3 is 0 Å². The molecule has 194 valence electrons. The first-order valence-corrected chi connectivity index (χ1v) is 14.5. The van der Waals surface area contributed by atoms with Crippen LogP contribution in [-0.4, -0.2) is 48.3 Å². The molecule has 1 aliphatic heterocycles. The highest BCUT2D eigenvalue weighted by Crippen LogP contribution is 2.43. The molecular weight excluding hydrogens is 452 g/mol. The molecule has 0 saturated carbocycles. The van der Waals surface area contributed by atoms with Gasteiger partial charge in [-0.2, -0.15) is 0 Å². The summed E-state index contributed by atoms with van der Waals surface area (Å²) in [5.41, 5.74) is 6.23. The van der Waals surface area contributed by atoms with Crippen molar-refractivity contribution in [3.05, 3.63) is 46.6 Å². The van der Waals surface area contributed by atoms with E-state index in [2.05, 4.69) is 62.2 Å². The van der Waals surface area contributed by atoms with E-state index in [0.29, 0.717) is 47.3 Å². The molecule has 1 heterocycles. The van der Waals surface area contributed by atoms with Crippen LogP contribution in [-0.2, 0) is 4.79 Å². The van der Waals surface area contributed by atoms with Crippen LogP contribution in [0.3, 0.4) is 0 Å². The second kappa shape index (κ2) is 11.9. The minimum Gasteiger partial charge on any atom is -0.309 e. The number of piperidine rings is 1. The summed E-state index contributed by atoms with van der Waals surface area (Å²) in [6.45, 7) is 14.1. The zero-order valence-electron chi connectivity index (χ0n) is 22.5. The lowest BCUT2D eigenvalue weighted by atomic mass is 9.68. The van der Waals surface area contributed by atoms with Crippen molar-refractivity contribution in [2.75, 3.05) is 26.2 Å². The van der Waals surface area contributed by atoms with Crippen molar-refractivity contribution in [3.8, 4) is 0 Å². The summed E-state index contributed by atoms with van der Waals surface area (Å²) >= 11 is 6.36. The van der Waals surface area contributed by atoms with Crippen molar-refractivity contribution >= 4 is 17.4 Å². The van der Waals surface area contributed by atoms with Crippen molar-refractivity contribution < 1.29 is 4.79 Å². The van der Waals surface area contributed by atoms with E-state index in [0.717, 1.165) is 45.2 Å². The summed E-state index contributed by atoms with van der Waals surface area (Å²) in [4.78, 5) is 14.3. The molecule has 0 spiro atoms. The monoisotopic (exact) mass is 498 g/mol. The first kappa shape index (κ1) is 26.9. The summed E-state index contributed by atoms with van der Waals surface area (Å²) in [6.07, 6.45) is 18.5. The number of carbonyl (C=O) groups is 1. The molecule has 1 saturated heterocycles. The van der Waals surface area contributed by atoms with Gasteiger partial charge < -0.3 is 10.2 Å². The number of carbonyl (C=O) groups excluding carboxylic acids is 1. The molecule has 0 aromatic carbocycles. The highest BCUT2D eigenvalue weighted by Gasteiger charge is 2.38. The maximum atomic E-state index is 11.6. The summed E-state index contributed by atoms with van der Waals surface area (Å²) < 4.78 is 0. The number of likely N-dealkylation sites (tertiary alicyclic amines) is 1. The Balaban J connectivity index is 1.32. The number of rotatable bonds is 8. The van der Waals surface area contributed by atoms with Gasteiger partial charge in [-0.25, -0.2) is 0 Å². The fourth-order valence-corrected chi connectivity index (χ4v) is 6.80. The van der Waals surface area contributed by atoms with Crippen LogP contribution in [0.5, 0.6) is 0 Å². The van der Waals surface area contributed by atoms with Gasteiger partial charge in [0.2, 0.25) is 0 Å². The van der Waals surface area contributed by atoms with E-state index >= 15 is 0 Å². The normalized spacial score (nSPS) is 28.8. The van der Waals surface area contributed by atoms with Gasteiger partial charge in [-0.3, -0.25) is 4.79 Å². The van der Waals surface area contributed by atoms with E-state index in [1.807, 2.05) is 0 Å². The van der Waals surface area contributed by atoms with Crippen LogP contribution in [0.25, 0.3) is 0 Å². The molecule has 1 unspecified atom stereocenters. The average Bonchev–Trinajstić information content (AvgIpc) is 2.82. The van der Waals surface area contributed by atoms with Crippen LogP contribution >= 0.6 is 11.6 Å². The molecular formula is C31H47ClN2O. The highest BCUT2D eigenvalue weighted by molar-refractivity contribution is 6.20. The van der Waals surface area contributed by atoms with Crippen molar-refractivity contribution in [2.24, 2.45) is 17.3 Å². The summed E-state index contributed by atoms with van der Waals surface area (Å²) in [5.74, 6) is 1.68. The molecule has 4 heteroatoms. The Kier molecular flexibility index (Phi) is 9.16. The molecule has 0 bridgehead atoms. The lowest BCUT2D eigenvalue weighted by Crippen LogP contribution is -2.52. The second-order valence-electron chi connectivity index (χ2n) is 12.4. The Labute approximate surface area is 219 Å². The molecule has 0 radical (unpaired) electrons. The summed E-state index contributed by atoms with van der Waals surface area (Å²) in [6, 6.07) is 0.495. The number of nitrogens with zero attached hydrogens (tertiary/aromatic N) is 1. The molecule has 3 atom stereocenters. The Morgan fingerprint density at radius 2 is 1.94 bits per heavy atom. The summed E-state index contributed by atoms with van der Waals surface area (Å²) in [5, 5.41) is 4.28. The third-order valence-corrected chi connectivity index (χ3v) is 9.19. The SMILES string of the molecule is CC(C)[C@H](CN1CC[C@H](C2=CCC(Cl)CC2)C(C)(C)C1)NCC1=CC(C2=CCC(=O)CC2)=CCC1. The molecule has 0 amide bonds. The average molecular weight is 499 g/mol. The maximum Gasteiger partial charge on any atom is 0.137 e. The van der Waals surface area contributed by atoms with Crippen LogP contribution in [0.4, 0.5) is 0 Å². The quantitative estimate of drug-likeness (QED) is 0.289. The number of halogens is 1. The van der Waals surface area contributed by atoms with E-state index in [4.69, 9.17) is 11.6 Å². The minimum absolute atomic E-state index is 0.311. The van der Waals surface area contributed by atoms with Gasteiger partial charge in [-0.15, -0.1) is 11.6 Å². The molecule has 1 fully saturated rings. The Morgan fingerprint density at radius 3 is 2.60 bits per heavy atom. The smallest absolute Gasteiger partial charge is 0.137 e. The van der Waals surface area contributed by atoms with Gasteiger partial charge in [0.05, 0.1) is 0 Å². The number of Topliss-reactive ketones (excluding diaryl/α,β-unsaturated/α-hetero) is 1. The lowest BCUT2D eigenvalue weighted by Gasteiger charge is -2.47. The second-order valence-corrected chi connectivity index (χ2v) is 13.0. The fraction of sp³-hybridized carbons (Fsp3) is 0.710. The molecule has 4 rings (SSSR count). The van der Waals surface area contributed by atoms with Crippen LogP contribution in [0, 0.1) is 17.3 Å². The number of alkyl halides is 1. The molecule has 3 aliphatic carbocycles. The molecule has 35 heavy (non-hydrogen) atoms. The zero-order valence-corrected chi connectivity index (χ0v) is 23.3. The van der Waals surface area contributed by atoms with Crippen molar-refractivity contribution in [1.29, 1.82) is 0 Å². The van der Waals surface area contributed by atoms with Gasteiger partial charge in [-0.1, -0.05) is 63.1 Å². The number of ketones is 1. The van der Waals surface area contributed by atoms with E-state index < -0.39 is 0 Å². The Bertz CT molecular complexity index is 894. The van der Waals surface area contributed by atoms with Crippen molar-refractivity contribution in [2.45, 2.75) is 96.9 Å². The van der Waals surface area contributed by atoms with Crippen molar-refractivity contribution in [3.63, 3.8) is 0 Å². The molecule has 3 nitrogen and oxygen atoms in total. The van der Waals surface area contributed by atoms with Gasteiger partial charge in [0.15, 0.2) is 0 Å². The lowest BCUT2D eigenvalue weighted by molar-refractivity contribution is -0.118. The standard InChI is InChI=1S/C31H47ClN2O/c1-22(2)30(33-19-23-6-5-7-26(18-23)24-10-14-28(35)15-11-24)20-34-17-16-29(31(3,4)21-34)25-8-12-27(32)13-9-25/h7-8,10,18,22,27,29-30,33H,5-6,9,11-17,19-21H2,1-4H3/t27?,29-,30+/m1/s1. The minimum atomic E-state index is 0.311. The zero-order chi connectivity index (χ0) is 25.0. The Morgan fingerprint density at radius 1 is 1.11 bits per heavy atom. The number of hydrogen-bond donors (Lipinski definition) is 1. The molecule has 1 N–H and O–H groups in total. The van der Waals surface area contributed by atoms with Crippen LogP contribution in [0.15, 0.2) is 46.6 Å².